The van der Waals surface area contributed by atoms with E-state index in [4.69, 9.17) is 13.7 Å². The molecule has 0 unspecified atom stereocenters. The van der Waals surface area contributed by atoms with Gasteiger partial charge in [0.25, 0.3) is 10.0 Å². The fourth-order valence-electron chi connectivity index (χ4n) is 3.45. The minimum Gasteiger partial charge on any atom is -0.496 e. The number of benzene rings is 2. The van der Waals surface area contributed by atoms with Crippen molar-refractivity contribution in [2.75, 3.05) is 11.8 Å². The number of hydrogen-bond donors (Lipinski definition) is 1. The Morgan fingerprint density at radius 1 is 1.19 bits per heavy atom. The summed E-state index contributed by atoms with van der Waals surface area (Å²) < 4.78 is 46.8. The average molecular weight is 453 g/mol. The summed E-state index contributed by atoms with van der Waals surface area (Å²) in [4.78, 5) is 4.33. The molecule has 1 N–H and O–H groups in total. The zero-order chi connectivity index (χ0) is 22.3. The van der Waals surface area contributed by atoms with E-state index in [1.807, 2.05) is 19.2 Å². The number of sulfonamides is 1. The molecule has 0 radical (unpaired) electrons. The van der Waals surface area contributed by atoms with Gasteiger partial charge in [0.15, 0.2) is 22.9 Å². The fourth-order valence-corrected chi connectivity index (χ4v) is 4.48. The Kier molecular flexibility index (Phi) is 4.82. The van der Waals surface area contributed by atoms with E-state index >= 15 is 0 Å². The minimum atomic E-state index is -3.96. The summed E-state index contributed by atoms with van der Waals surface area (Å²) >= 11 is 0. The molecular formula is C21H19N5O5S. The topological polar surface area (TPSA) is 125 Å². The highest BCUT2D eigenvalue weighted by Gasteiger charge is 2.22. The van der Waals surface area contributed by atoms with E-state index in [0.717, 1.165) is 5.56 Å². The van der Waals surface area contributed by atoms with Crippen LogP contribution in [-0.4, -0.2) is 35.4 Å². The lowest BCUT2D eigenvalue weighted by Crippen LogP contribution is -2.13. The second-order valence-corrected chi connectivity index (χ2v) is 8.78. The molecule has 2 aromatic carbocycles. The molecular weight excluding hydrogens is 434 g/mol. The average Bonchev–Trinajstić information content (AvgIpc) is 3.52. The van der Waals surface area contributed by atoms with Gasteiger partial charge in [-0.1, -0.05) is 12.1 Å². The molecule has 0 bridgehead atoms. The zero-order valence-electron chi connectivity index (χ0n) is 17.3. The van der Waals surface area contributed by atoms with Crippen LogP contribution in [0.4, 0.5) is 5.82 Å². The largest absolute Gasteiger partial charge is 0.496 e. The van der Waals surface area contributed by atoms with Crippen LogP contribution in [-0.2, 0) is 23.0 Å². The van der Waals surface area contributed by atoms with Gasteiger partial charge in [-0.25, -0.2) is 13.4 Å². The number of ether oxygens (including phenoxy) is 1. The lowest BCUT2D eigenvalue weighted by Gasteiger charge is -2.09. The van der Waals surface area contributed by atoms with E-state index in [0.29, 0.717) is 46.7 Å². The summed E-state index contributed by atoms with van der Waals surface area (Å²) in [5.41, 5.74) is 2.25. The third-order valence-corrected chi connectivity index (χ3v) is 6.31. The van der Waals surface area contributed by atoms with Gasteiger partial charge in [0.2, 0.25) is 0 Å². The van der Waals surface area contributed by atoms with Crippen molar-refractivity contribution in [3.05, 3.63) is 60.2 Å². The fraction of sp³-hybridized carbons (Fsp3) is 0.190. The highest BCUT2D eigenvalue weighted by molar-refractivity contribution is 7.92. The number of nitrogens with zero attached hydrogens (tertiary/aromatic N) is 4. The van der Waals surface area contributed by atoms with Gasteiger partial charge < -0.3 is 13.7 Å². The molecule has 0 aliphatic rings. The van der Waals surface area contributed by atoms with E-state index in [1.54, 1.807) is 29.1 Å². The monoisotopic (exact) mass is 453 g/mol. The number of methoxy groups -OCH3 is 1. The number of oxazole rings is 1. The van der Waals surface area contributed by atoms with Crippen LogP contribution in [0.5, 0.6) is 5.75 Å². The number of hydrogen-bond acceptors (Lipinski definition) is 8. The molecule has 0 saturated carbocycles. The van der Waals surface area contributed by atoms with Crippen LogP contribution in [0.1, 0.15) is 18.4 Å². The standard InChI is InChI=1S/C21H19N5O5S/c1-3-19-23-15-11-14(5-6-16(15)30-19)32(27,28)25-21-20-17(29-2)9-13(10-18(20)31-24-21)12-26-8-4-7-22-26/h4-11H,3,12H2,1-2H3,(H,24,25). The quantitative estimate of drug-likeness (QED) is 0.396. The van der Waals surface area contributed by atoms with Crippen molar-refractivity contribution in [3.8, 4) is 5.75 Å². The van der Waals surface area contributed by atoms with Crippen molar-refractivity contribution in [1.29, 1.82) is 0 Å². The molecule has 0 atom stereocenters. The van der Waals surface area contributed by atoms with Gasteiger partial charge in [0.05, 0.1) is 18.6 Å². The molecule has 0 aliphatic carbocycles. The first-order valence-corrected chi connectivity index (χ1v) is 11.3. The molecule has 11 heteroatoms. The normalized spacial score (nSPS) is 11.9. The van der Waals surface area contributed by atoms with Crippen molar-refractivity contribution in [2.24, 2.45) is 0 Å². The zero-order valence-corrected chi connectivity index (χ0v) is 18.1. The molecule has 164 valence electrons. The van der Waals surface area contributed by atoms with Crippen LogP contribution in [0.2, 0.25) is 0 Å². The molecule has 0 spiro atoms. The molecule has 10 nitrogen and oxygen atoms in total. The van der Waals surface area contributed by atoms with E-state index in [1.165, 1.54) is 19.2 Å². The molecule has 3 aromatic heterocycles. The molecule has 5 rings (SSSR count). The summed E-state index contributed by atoms with van der Waals surface area (Å²) in [5.74, 6) is 1.01. The molecule has 32 heavy (non-hydrogen) atoms. The Morgan fingerprint density at radius 3 is 2.81 bits per heavy atom. The number of fused-ring (bicyclic) bond motifs is 2. The van der Waals surface area contributed by atoms with Crippen molar-refractivity contribution in [2.45, 2.75) is 24.8 Å². The second-order valence-electron chi connectivity index (χ2n) is 7.10. The van der Waals surface area contributed by atoms with Crippen molar-refractivity contribution in [3.63, 3.8) is 0 Å². The first kappa shape index (κ1) is 20.1. The number of rotatable bonds is 7. The van der Waals surface area contributed by atoms with Crippen LogP contribution in [0.3, 0.4) is 0 Å². The van der Waals surface area contributed by atoms with Crippen LogP contribution < -0.4 is 9.46 Å². The summed E-state index contributed by atoms with van der Waals surface area (Å²) in [6.45, 7) is 2.41. The number of aryl methyl sites for hydroxylation is 1. The maximum Gasteiger partial charge on any atom is 0.263 e. The smallest absolute Gasteiger partial charge is 0.263 e. The Labute approximate surface area is 182 Å². The minimum absolute atomic E-state index is 0.0337. The van der Waals surface area contributed by atoms with E-state index in [9.17, 15) is 8.42 Å². The number of anilines is 1. The summed E-state index contributed by atoms with van der Waals surface area (Å²) in [6, 6.07) is 9.90. The summed E-state index contributed by atoms with van der Waals surface area (Å²) in [5, 5.41) is 8.55. The Hall–Kier alpha value is -3.86. The van der Waals surface area contributed by atoms with Gasteiger partial charge in [-0.2, -0.15) is 5.10 Å². The predicted octanol–water partition coefficient (Wildman–Crippen LogP) is 3.59. The predicted molar refractivity (Wildman–Crippen MR) is 116 cm³/mol. The molecule has 0 fully saturated rings. The Bertz CT molecular complexity index is 1520. The van der Waals surface area contributed by atoms with Crippen LogP contribution in [0.15, 0.2) is 62.6 Å². The van der Waals surface area contributed by atoms with Crippen molar-refractivity contribution < 1.29 is 22.1 Å². The van der Waals surface area contributed by atoms with E-state index < -0.39 is 10.0 Å². The van der Waals surface area contributed by atoms with Crippen molar-refractivity contribution >= 4 is 37.9 Å². The Morgan fingerprint density at radius 2 is 2.06 bits per heavy atom. The van der Waals surface area contributed by atoms with Gasteiger partial charge in [-0.05, 0) is 42.0 Å². The highest BCUT2D eigenvalue weighted by Crippen LogP contribution is 2.35. The van der Waals surface area contributed by atoms with Gasteiger partial charge >= 0.3 is 0 Å². The van der Waals surface area contributed by atoms with Gasteiger partial charge in [0.1, 0.15) is 16.7 Å². The maximum absolute atomic E-state index is 13.0. The van der Waals surface area contributed by atoms with Gasteiger partial charge in [-0.15, -0.1) is 0 Å². The van der Waals surface area contributed by atoms with E-state index in [2.05, 4.69) is 20.0 Å². The molecule has 3 heterocycles. The first-order valence-electron chi connectivity index (χ1n) is 9.83. The molecule has 0 aliphatic heterocycles. The lowest BCUT2D eigenvalue weighted by molar-refractivity contribution is 0.418. The molecule has 5 aromatic rings. The third kappa shape index (κ3) is 3.56. The number of aromatic nitrogens is 4. The van der Waals surface area contributed by atoms with Gasteiger partial charge in [-0.3, -0.25) is 9.40 Å². The third-order valence-electron chi connectivity index (χ3n) is 4.97. The van der Waals surface area contributed by atoms with Gasteiger partial charge in [0, 0.05) is 18.8 Å². The second kappa shape index (κ2) is 7.68. The SMILES string of the molecule is CCc1nc2cc(S(=O)(=O)Nc3noc4cc(Cn5cccn5)cc(OC)c34)ccc2o1. The molecule has 0 amide bonds. The van der Waals surface area contributed by atoms with Crippen LogP contribution in [0.25, 0.3) is 22.1 Å². The Balaban J connectivity index is 1.50. The van der Waals surface area contributed by atoms with Crippen LogP contribution >= 0.6 is 0 Å². The lowest BCUT2D eigenvalue weighted by atomic mass is 10.1. The molecule has 0 saturated heterocycles. The number of nitrogens with one attached hydrogen (secondary N) is 1. The van der Waals surface area contributed by atoms with Crippen molar-refractivity contribution in [1.82, 2.24) is 19.9 Å². The van der Waals surface area contributed by atoms with E-state index in [-0.39, 0.29) is 10.7 Å². The highest BCUT2D eigenvalue weighted by atomic mass is 32.2. The summed E-state index contributed by atoms with van der Waals surface area (Å²) in [6.07, 6.45) is 4.14. The maximum atomic E-state index is 13.0. The first-order chi connectivity index (χ1) is 15.5. The van der Waals surface area contributed by atoms with Crippen LogP contribution in [0, 0.1) is 0 Å². The summed E-state index contributed by atoms with van der Waals surface area (Å²) in [7, 11) is -2.46.